The number of rotatable bonds is 6. The maximum atomic E-state index is 12.7. The van der Waals surface area contributed by atoms with E-state index in [0.717, 1.165) is 9.13 Å². The van der Waals surface area contributed by atoms with Gasteiger partial charge in [0, 0.05) is 12.1 Å². The maximum absolute atomic E-state index is 12.7. The number of hydrogen-bond acceptors (Lipinski definition) is 5. The average Bonchev–Trinajstić information content (AvgIpc) is 3.07. The van der Waals surface area contributed by atoms with Crippen LogP contribution in [0, 0.1) is 13.7 Å². The fraction of sp³-hybridized carbons (Fsp3) is 0.0435. The van der Waals surface area contributed by atoms with E-state index < -0.39 is 16.7 Å². The van der Waals surface area contributed by atoms with Gasteiger partial charge in [0.05, 0.1) is 14.2 Å². The van der Waals surface area contributed by atoms with Crippen molar-refractivity contribution in [2.75, 3.05) is 5.01 Å². The van der Waals surface area contributed by atoms with Crippen LogP contribution in [0.25, 0.3) is 6.08 Å². The van der Waals surface area contributed by atoms with Gasteiger partial charge in [0.1, 0.15) is 17.9 Å². The van der Waals surface area contributed by atoms with Crippen molar-refractivity contribution in [3.8, 4) is 5.75 Å². The molecule has 0 unspecified atom stereocenters. The highest BCUT2D eigenvalue weighted by Gasteiger charge is 2.34. The molecule has 1 N–H and O–H groups in total. The Balaban J connectivity index is 1.47. The first kappa shape index (κ1) is 21.5. The molecule has 0 saturated carbocycles. The van der Waals surface area contributed by atoms with E-state index in [1.165, 1.54) is 17.1 Å². The molecule has 0 bridgehead atoms. The van der Waals surface area contributed by atoms with Gasteiger partial charge in [-0.15, -0.1) is 0 Å². The fourth-order valence-corrected chi connectivity index (χ4v) is 3.78. The van der Waals surface area contributed by atoms with Gasteiger partial charge in [-0.25, -0.2) is 5.01 Å². The molecule has 0 radical (unpaired) electrons. The lowest BCUT2D eigenvalue weighted by Gasteiger charge is -2.13. The van der Waals surface area contributed by atoms with Crippen LogP contribution in [-0.4, -0.2) is 16.7 Å². The number of non-ortho nitro benzene ring substituents is 1. The van der Waals surface area contributed by atoms with E-state index in [1.807, 2.05) is 12.1 Å². The van der Waals surface area contributed by atoms with Crippen LogP contribution in [0.2, 0.25) is 0 Å². The van der Waals surface area contributed by atoms with E-state index in [1.54, 1.807) is 54.6 Å². The van der Waals surface area contributed by atoms with E-state index >= 15 is 0 Å². The molecule has 1 aliphatic rings. The molecular weight excluding hydrogens is 525 g/mol. The van der Waals surface area contributed by atoms with Crippen molar-refractivity contribution in [2.45, 2.75) is 6.61 Å². The zero-order valence-corrected chi connectivity index (χ0v) is 18.7. The van der Waals surface area contributed by atoms with Crippen molar-refractivity contribution in [2.24, 2.45) is 0 Å². The molecule has 0 atom stereocenters. The lowest BCUT2D eigenvalue weighted by Crippen LogP contribution is -2.35. The van der Waals surface area contributed by atoms with E-state index in [4.69, 9.17) is 4.74 Å². The predicted molar refractivity (Wildman–Crippen MR) is 127 cm³/mol. The van der Waals surface area contributed by atoms with Gasteiger partial charge >= 0.3 is 0 Å². The second kappa shape index (κ2) is 9.18. The van der Waals surface area contributed by atoms with Gasteiger partial charge in [-0.3, -0.25) is 25.1 Å². The molecule has 160 valence electrons. The zero-order chi connectivity index (χ0) is 22.7. The molecule has 0 spiro atoms. The van der Waals surface area contributed by atoms with Gasteiger partial charge in [-0.2, -0.15) is 0 Å². The number of halogens is 1. The summed E-state index contributed by atoms with van der Waals surface area (Å²) in [5.74, 6) is -0.263. The molecule has 3 aromatic carbocycles. The number of nitro benzene ring substituents is 1. The summed E-state index contributed by atoms with van der Waals surface area (Å²) in [5, 5.41) is 12.0. The van der Waals surface area contributed by atoms with E-state index in [-0.39, 0.29) is 17.9 Å². The van der Waals surface area contributed by atoms with Crippen molar-refractivity contribution in [1.82, 2.24) is 5.43 Å². The molecule has 1 saturated heterocycles. The van der Waals surface area contributed by atoms with Crippen LogP contribution >= 0.6 is 22.6 Å². The lowest BCUT2D eigenvalue weighted by molar-refractivity contribution is -0.384. The minimum atomic E-state index is -0.465. The number of para-hydroxylation sites is 1. The Morgan fingerprint density at radius 2 is 1.75 bits per heavy atom. The summed E-state index contributed by atoms with van der Waals surface area (Å²) in [4.78, 5) is 35.3. The first-order chi connectivity index (χ1) is 15.4. The Hall–Kier alpha value is -3.73. The van der Waals surface area contributed by atoms with E-state index in [2.05, 4.69) is 28.0 Å². The van der Waals surface area contributed by atoms with E-state index in [0.29, 0.717) is 17.0 Å². The quantitative estimate of drug-likeness (QED) is 0.166. The molecular formula is C23H16IN3O5. The number of hydrazine groups is 1. The predicted octanol–water partition coefficient (Wildman–Crippen LogP) is 4.24. The Kier molecular flexibility index (Phi) is 6.17. The minimum Gasteiger partial charge on any atom is -0.488 e. The van der Waals surface area contributed by atoms with Crippen LogP contribution in [-0.2, 0) is 16.2 Å². The van der Waals surface area contributed by atoms with Crippen LogP contribution < -0.4 is 15.2 Å². The SMILES string of the molecule is O=C1NN(c2ccccc2)C(=O)/C1=C\c1ccc(OCc2ccc([N+](=O)[O-])cc2)c(I)c1. The van der Waals surface area contributed by atoms with Gasteiger partial charge < -0.3 is 4.74 Å². The molecule has 3 aromatic rings. The second-order valence-corrected chi connectivity index (χ2v) is 8.04. The van der Waals surface area contributed by atoms with Gasteiger partial charge in [0.15, 0.2) is 0 Å². The van der Waals surface area contributed by atoms with Crippen LogP contribution in [0.5, 0.6) is 5.75 Å². The van der Waals surface area contributed by atoms with Gasteiger partial charge in [0.2, 0.25) is 0 Å². The number of hydrogen-bond donors (Lipinski definition) is 1. The standard InChI is InChI=1S/C23H16IN3O5/c24-20-13-16(8-11-21(20)32-14-15-6-9-18(10-7-15)27(30)31)12-19-22(28)25-26(23(19)29)17-4-2-1-3-5-17/h1-13H,14H2,(H,25,28)/b19-12-. The van der Waals surface area contributed by atoms with Gasteiger partial charge in [0.25, 0.3) is 17.5 Å². The normalized spacial score (nSPS) is 14.5. The van der Waals surface area contributed by atoms with Crippen LogP contribution in [0.3, 0.4) is 0 Å². The highest BCUT2D eigenvalue weighted by Crippen LogP contribution is 2.26. The van der Waals surface area contributed by atoms with Crippen molar-refractivity contribution in [3.63, 3.8) is 0 Å². The maximum Gasteiger partial charge on any atom is 0.282 e. The zero-order valence-electron chi connectivity index (χ0n) is 16.5. The summed E-state index contributed by atoms with van der Waals surface area (Å²) in [6, 6.07) is 20.4. The smallest absolute Gasteiger partial charge is 0.282 e. The molecule has 9 heteroatoms. The Morgan fingerprint density at radius 3 is 2.41 bits per heavy atom. The van der Waals surface area contributed by atoms with Crippen LogP contribution in [0.1, 0.15) is 11.1 Å². The number of amides is 2. The summed E-state index contributed by atoms with van der Waals surface area (Å²) < 4.78 is 6.61. The fourth-order valence-electron chi connectivity index (χ4n) is 3.08. The van der Waals surface area contributed by atoms with Crippen LogP contribution in [0.15, 0.2) is 78.4 Å². The average molecular weight is 541 g/mol. The third-order valence-electron chi connectivity index (χ3n) is 4.71. The van der Waals surface area contributed by atoms with Crippen molar-refractivity contribution >= 4 is 51.9 Å². The number of ether oxygens (including phenoxy) is 1. The molecule has 8 nitrogen and oxygen atoms in total. The number of carbonyl (C=O) groups excluding carboxylic acids is 2. The first-order valence-corrected chi connectivity index (χ1v) is 10.6. The lowest BCUT2D eigenvalue weighted by atomic mass is 10.1. The van der Waals surface area contributed by atoms with Crippen molar-refractivity contribution in [1.29, 1.82) is 0 Å². The third-order valence-corrected chi connectivity index (χ3v) is 5.56. The summed E-state index contributed by atoms with van der Waals surface area (Å²) in [7, 11) is 0. The number of nitrogens with zero attached hydrogens (tertiary/aromatic N) is 2. The summed E-state index contributed by atoms with van der Waals surface area (Å²) in [6.45, 7) is 0.251. The topological polar surface area (TPSA) is 102 Å². The number of carbonyl (C=O) groups is 2. The Labute approximate surface area is 196 Å². The minimum absolute atomic E-state index is 0.0250. The molecule has 0 aromatic heterocycles. The van der Waals surface area contributed by atoms with Crippen molar-refractivity contribution in [3.05, 3.63) is 103 Å². The molecule has 1 heterocycles. The number of nitro groups is 1. The number of benzene rings is 3. The van der Waals surface area contributed by atoms with Crippen LogP contribution in [0.4, 0.5) is 11.4 Å². The summed E-state index contributed by atoms with van der Waals surface area (Å²) in [5.41, 5.74) is 4.71. The molecule has 1 fully saturated rings. The number of anilines is 1. The molecule has 32 heavy (non-hydrogen) atoms. The second-order valence-electron chi connectivity index (χ2n) is 6.88. The Morgan fingerprint density at radius 1 is 1.03 bits per heavy atom. The van der Waals surface area contributed by atoms with Gasteiger partial charge in [-0.05, 0) is 76.2 Å². The monoisotopic (exact) mass is 541 g/mol. The van der Waals surface area contributed by atoms with Gasteiger partial charge in [-0.1, -0.05) is 24.3 Å². The highest BCUT2D eigenvalue weighted by atomic mass is 127. The molecule has 1 aliphatic heterocycles. The molecule has 4 rings (SSSR count). The first-order valence-electron chi connectivity index (χ1n) is 9.50. The number of nitrogens with one attached hydrogen (secondary N) is 1. The Bertz CT molecular complexity index is 1230. The highest BCUT2D eigenvalue weighted by molar-refractivity contribution is 14.1. The third kappa shape index (κ3) is 4.62. The largest absolute Gasteiger partial charge is 0.488 e. The summed E-state index contributed by atoms with van der Waals surface area (Å²) in [6.07, 6.45) is 1.54. The molecule has 2 amide bonds. The summed E-state index contributed by atoms with van der Waals surface area (Å²) >= 11 is 2.11. The molecule has 0 aliphatic carbocycles. The van der Waals surface area contributed by atoms with Crippen molar-refractivity contribution < 1.29 is 19.2 Å². The van der Waals surface area contributed by atoms with E-state index in [9.17, 15) is 19.7 Å².